The van der Waals surface area contributed by atoms with Gasteiger partial charge in [-0.25, -0.2) is 4.57 Å². The van der Waals surface area contributed by atoms with E-state index in [1.807, 2.05) is 19.0 Å². The van der Waals surface area contributed by atoms with E-state index in [0.717, 1.165) is 44.9 Å². The van der Waals surface area contributed by atoms with E-state index in [2.05, 4.69) is 26.0 Å². The zero-order valence-corrected chi connectivity index (χ0v) is 37.3. The summed E-state index contributed by atoms with van der Waals surface area (Å²) in [4.78, 5) is 37.1. The van der Waals surface area contributed by atoms with Crippen LogP contribution in [0.1, 0.15) is 219 Å². The molecule has 0 saturated heterocycles. The van der Waals surface area contributed by atoms with Gasteiger partial charge in [-0.2, -0.15) is 0 Å². The molecule has 326 valence electrons. The normalized spacial score (nSPS) is 13.4. The molecule has 0 rings (SSSR count). The molecular weight excluding hydrogens is 713 g/mol. The molecular formula is C45H88NO8P. The highest BCUT2D eigenvalue weighted by atomic mass is 31.2. The number of nitrogens with zero attached hydrogens (tertiary/aromatic N) is 1. The van der Waals surface area contributed by atoms with E-state index in [9.17, 15) is 19.0 Å². The van der Waals surface area contributed by atoms with Gasteiger partial charge >= 0.3 is 19.8 Å². The zero-order chi connectivity index (χ0) is 40.5. The summed E-state index contributed by atoms with van der Waals surface area (Å²) in [6.45, 7) is 4.35. The van der Waals surface area contributed by atoms with Crippen molar-refractivity contribution in [2.24, 2.45) is 0 Å². The van der Waals surface area contributed by atoms with E-state index < -0.39 is 26.5 Å². The third kappa shape index (κ3) is 42.2. The number of phosphoric acid groups is 1. The average molecular weight is 802 g/mol. The standard InChI is InChI=1S/C45H88NO8P/c1-5-7-9-11-13-15-17-19-21-22-24-26-28-30-32-34-36-38-45(48)54-43(42-53-55(49,50)52-40-39-46(3)4)41-51-44(47)37-35-33-31-29-27-25-23-20-18-16-14-12-10-8-6-2/h19,21,43H,5-18,20,22-42H2,1-4H3,(H,49,50)/b21-19-. The van der Waals surface area contributed by atoms with Crippen LogP contribution < -0.4 is 0 Å². The predicted molar refractivity (Wildman–Crippen MR) is 229 cm³/mol. The van der Waals surface area contributed by atoms with Crippen LogP contribution in [0.25, 0.3) is 0 Å². The average Bonchev–Trinajstić information content (AvgIpc) is 3.15. The van der Waals surface area contributed by atoms with Gasteiger partial charge in [0.1, 0.15) is 6.61 Å². The molecule has 0 amide bonds. The first-order chi connectivity index (χ1) is 26.7. The van der Waals surface area contributed by atoms with Crippen molar-refractivity contribution in [1.82, 2.24) is 4.90 Å². The van der Waals surface area contributed by atoms with E-state index in [1.54, 1.807) is 0 Å². The van der Waals surface area contributed by atoms with E-state index in [-0.39, 0.29) is 25.6 Å². The van der Waals surface area contributed by atoms with Crippen molar-refractivity contribution >= 4 is 19.8 Å². The first-order valence-corrected chi connectivity index (χ1v) is 24.5. The Balaban J connectivity index is 4.24. The maximum atomic E-state index is 12.7. The van der Waals surface area contributed by atoms with Crippen LogP contribution in [-0.4, -0.2) is 68.3 Å². The van der Waals surface area contributed by atoms with E-state index >= 15 is 0 Å². The second-order valence-electron chi connectivity index (χ2n) is 15.9. The molecule has 0 fully saturated rings. The molecule has 55 heavy (non-hydrogen) atoms. The molecule has 0 heterocycles. The number of carbonyl (C=O) groups is 2. The molecule has 0 aromatic heterocycles. The maximum Gasteiger partial charge on any atom is 0.472 e. The van der Waals surface area contributed by atoms with Crippen LogP contribution in [0.2, 0.25) is 0 Å². The van der Waals surface area contributed by atoms with Crippen LogP contribution in [0.5, 0.6) is 0 Å². The topological polar surface area (TPSA) is 112 Å². The predicted octanol–water partition coefficient (Wildman–Crippen LogP) is 13.2. The maximum absolute atomic E-state index is 12.7. The molecule has 0 aromatic carbocycles. The van der Waals surface area contributed by atoms with Crippen molar-refractivity contribution in [3.8, 4) is 0 Å². The molecule has 1 N–H and O–H groups in total. The number of rotatable bonds is 43. The van der Waals surface area contributed by atoms with Crippen molar-refractivity contribution in [3.05, 3.63) is 12.2 Å². The Morgan fingerprint density at radius 2 is 0.927 bits per heavy atom. The van der Waals surface area contributed by atoms with E-state index in [0.29, 0.717) is 19.4 Å². The number of ether oxygens (including phenoxy) is 2. The number of likely N-dealkylation sites (N-methyl/N-ethyl adjacent to an activating group) is 1. The van der Waals surface area contributed by atoms with Gasteiger partial charge in [-0.3, -0.25) is 18.6 Å². The Morgan fingerprint density at radius 1 is 0.545 bits per heavy atom. The largest absolute Gasteiger partial charge is 0.472 e. The summed E-state index contributed by atoms with van der Waals surface area (Å²) in [6, 6.07) is 0. The summed E-state index contributed by atoms with van der Waals surface area (Å²) in [5.74, 6) is -0.796. The monoisotopic (exact) mass is 802 g/mol. The summed E-state index contributed by atoms with van der Waals surface area (Å²) >= 11 is 0. The lowest BCUT2D eigenvalue weighted by Gasteiger charge is -2.20. The van der Waals surface area contributed by atoms with Crippen molar-refractivity contribution in [1.29, 1.82) is 0 Å². The molecule has 2 unspecified atom stereocenters. The Labute approximate surface area is 339 Å². The lowest BCUT2D eigenvalue weighted by molar-refractivity contribution is -0.161. The molecule has 0 aliphatic heterocycles. The van der Waals surface area contributed by atoms with Gasteiger partial charge in [0.2, 0.25) is 0 Å². The molecule has 10 heteroatoms. The molecule has 2 atom stereocenters. The van der Waals surface area contributed by atoms with Crippen LogP contribution in [-0.2, 0) is 32.7 Å². The quantitative estimate of drug-likeness (QED) is 0.0279. The SMILES string of the molecule is CCCCCCCC/C=C\CCCCCCCCCC(=O)OC(COC(=O)CCCCCCCCCCCCCCCCC)COP(=O)(O)OCCN(C)C. The van der Waals surface area contributed by atoms with Crippen LogP contribution in [0.3, 0.4) is 0 Å². The Hall–Kier alpha value is -1.25. The van der Waals surface area contributed by atoms with Gasteiger partial charge in [0.15, 0.2) is 6.10 Å². The Kier molecular flexibility index (Phi) is 40.0. The molecule has 0 aliphatic carbocycles. The smallest absolute Gasteiger partial charge is 0.462 e. The second kappa shape index (κ2) is 40.9. The third-order valence-corrected chi connectivity index (χ3v) is 11.1. The fourth-order valence-electron chi connectivity index (χ4n) is 6.51. The number of unbranched alkanes of at least 4 members (excludes halogenated alkanes) is 27. The van der Waals surface area contributed by atoms with Crippen LogP contribution in [0.4, 0.5) is 0 Å². The highest BCUT2D eigenvalue weighted by Gasteiger charge is 2.26. The number of hydrogen-bond acceptors (Lipinski definition) is 8. The second-order valence-corrected chi connectivity index (χ2v) is 17.4. The molecule has 0 aliphatic rings. The summed E-state index contributed by atoms with van der Waals surface area (Å²) < 4.78 is 33.5. The summed E-state index contributed by atoms with van der Waals surface area (Å²) in [6.07, 6.45) is 41.1. The lowest BCUT2D eigenvalue weighted by atomic mass is 10.0. The highest BCUT2D eigenvalue weighted by molar-refractivity contribution is 7.47. The lowest BCUT2D eigenvalue weighted by Crippen LogP contribution is -2.29. The van der Waals surface area contributed by atoms with Gasteiger partial charge in [-0.05, 0) is 52.6 Å². The van der Waals surface area contributed by atoms with Gasteiger partial charge < -0.3 is 19.3 Å². The fraction of sp³-hybridized carbons (Fsp3) is 0.911. The Bertz CT molecular complexity index is 931. The number of allylic oxidation sites excluding steroid dienone is 2. The summed E-state index contributed by atoms with van der Waals surface area (Å²) in [5.41, 5.74) is 0. The van der Waals surface area contributed by atoms with E-state index in [4.69, 9.17) is 18.5 Å². The molecule has 0 aromatic rings. The van der Waals surface area contributed by atoms with Crippen LogP contribution >= 0.6 is 7.82 Å². The minimum atomic E-state index is -4.36. The van der Waals surface area contributed by atoms with Gasteiger partial charge in [-0.15, -0.1) is 0 Å². The first kappa shape index (κ1) is 53.8. The fourth-order valence-corrected chi connectivity index (χ4v) is 7.25. The highest BCUT2D eigenvalue weighted by Crippen LogP contribution is 2.43. The summed E-state index contributed by atoms with van der Waals surface area (Å²) in [7, 11) is -0.704. The molecule has 0 saturated carbocycles. The Morgan fingerprint density at radius 3 is 1.35 bits per heavy atom. The number of carbonyl (C=O) groups excluding carboxylic acids is 2. The van der Waals surface area contributed by atoms with Gasteiger partial charge in [0.25, 0.3) is 0 Å². The van der Waals surface area contributed by atoms with Crippen LogP contribution in [0.15, 0.2) is 12.2 Å². The molecule has 0 spiro atoms. The van der Waals surface area contributed by atoms with Gasteiger partial charge in [0.05, 0.1) is 13.2 Å². The number of hydrogen-bond donors (Lipinski definition) is 1. The molecule has 0 bridgehead atoms. The van der Waals surface area contributed by atoms with Crippen molar-refractivity contribution in [2.45, 2.75) is 225 Å². The van der Waals surface area contributed by atoms with Crippen molar-refractivity contribution < 1.29 is 37.6 Å². The molecule has 9 nitrogen and oxygen atoms in total. The number of phosphoric ester groups is 1. The van der Waals surface area contributed by atoms with Crippen LogP contribution in [0, 0.1) is 0 Å². The van der Waals surface area contributed by atoms with E-state index in [1.165, 1.54) is 141 Å². The van der Waals surface area contributed by atoms with Crippen molar-refractivity contribution in [3.63, 3.8) is 0 Å². The van der Waals surface area contributed by atoms with Crippen molar-refractivity contribution in [2.75, 3.05) is 40.5 Å². The third-order valence-electron chi connectivity index (χ3n) is 10.1. The summed E-state index contributed by atoms with van der Waals surface area (Å²) in [5, 5.41) is 0. The van der Waals surface area contributed by atoms with Gasteiger partial charge in [0, 0.05) is 19.4 Å². The minimum absolute atomic E-state index is 0.00975. The first-order valence-electron chi connectivity index (χ1n) is 23.0. The number of esters is 2. The minimum Gasteiger partial charge on any atom is -0.462 e. The molecule has 0 radical (unpaired) electrons. The van der Waals surface area contributed by atoms with Gasteiger partial charge in [-0.1, -0.05) is 180 Å². The zero-order valence-electron chi connectivity index (χ0n) is 36.4.